The van der Waals surface area contributed by atoms with E-state index < -0.39 is 0 Å². The van der Waals surface area contributed by atoms with E-state index in [1.165, 1.54) is 23.3 Å². The second-order valence-corrected chi connectivity index (χ2v) is 7.96. The molecule has 0 radical (unpaired) electrons. The highest BCUT2D eigenvalue weighted by atomic mass is 16.2. The Kier molecular flexibility index (Phi) is 5.57. The molecule has 3 amide bonds. The molecular formula is C22H27N3O3. The number of hydrogen-bond donors (Lipinski definition) is 1. The zero-order valence-corrected chi connectivity index (χ0v) is 16.1. The summed E-state index contributed by atoms with van der Waals surface area (Å²) in [6.45, 7) is 3.42. The quantitative estimate of drug-likeness (QED) is 0.607. The van der Waals surface area contributed by atoms with Crippen molar-refractivity contribution in [3.63, 3.8) is 0 Å². The molecule has 2 atom stereocenters. The summed E-state index contributed by atoms with van der Waals surface area (Å²) < 4.78 is 0. The molecule has 1 N–H and O–H groups in total. The molecule has 1 aliphatic carbocycles. The molecule has 0 aromatic heterocycles. The lowest BCUT2D eigenvalue weighted by Crippen LogP contribution is -2.34. The molecule has 4 rings (SSSR count). The van der Waals surface area contributed by atoms with Gasteiger partial charge >= 0.3 is 0 Å². The van der Waals surface area contributed by atoms with E-state index in [-0.39, 0.29) is 42.5 Å². The van der Waals surface area contributed by atoms with Gasteiger partial charge in [-0.05, 0) is 56.5 Å². The topological polar surface area (TPSA) is 69.7 Å². The number of likely N-dealkylation sites (tertiary alicyclic amines) is 2. The van der Waals surface area contributed by atoms with Gasteiger partial charge in [0.05, 0.1) is 11.8 Å². The predicted molar refractivity (Wildman–Crippen MR) is 106 cm³/mol. The van der Waals surface area contributed by atoms with E-state index in [4.69, 9.17) is 0 Å². The number of anilines is 1. The number of carbonyl (C=O) groups is 3. The molecule has 2 fully saturated rings. The number of nitrogens with zero attached hydrogens (tertiary/aromatic N) is 2. The second-order valence-electron chi connectivity index (χ2n) is 7.96. The van der Waals surface area contributed by atoms with E-state index in [1.807, 2.05) is 36.4 Å². The van der Waals surface area contributed by atoms with Crippen LogP contribution in [0.2, 0.25) is 0 Å². The first-order valence-electron chi connectivity index (χ1n) is 10.2. The Bertz CT molecular complexity index is 755. The molecule has 1 aromatic rings. The molecule has 2 aliphatic heterocycles. The highest BCUT2D eigenvalue weighted by Crippen LogP contribution is 2.35. The smallest absolute Gasteiger partial charge is 0.233 e. The van der Waals surface area contributed by atoms with Crippen LogP contribution in [0, 0.1) is 11.8 Å². The van der Waals surface area contributed by atoms with Gasteiger partial charge in [-0.2, -0.15) is 0 Å². The maximum atomic E-state index is 12.4. The van der Waals surface area contributed by atoms with Crippen molar-refractivity contribution in [2.45, 2.75) is 38.6 Å². The van der Waals surface area contributed by atoms with Gasteiger partial charge < -0.3 is 5.32 Å². The Morgan fingerprint density at radius 3 is 2.18 bits per heavy atom. The molecule has 0 spiro atoms. The Hall–Kier alpha value is -2.47. The monoisotopic (exact) mass is 381 g/mol. The molecule has 6 nitrogen and oxygen atoms in total. The lowest BCUT2D eigenvalue weighted by atomic mass is 9.85. The highest BCUT2D eigenvalue weighted by molar-refractivity contribution is 6.05. The average molecular weight is 381 g/mol. The molecular weight excluding hydrogens is 354 g/mol. The summed E-state index contributed by atoms with van der Waals surface area (Å²) in [7, 11) is 0. The van der Waals surface area contributed by atoms with Gasteiger partial charge in [0.25, 0.3) is 0 Å². The molecule has 2 saturated heterocycles. The zero-order valence-electron chi connectivity index (χ0n) is 16.1. The number of fused-ring (bicyclic) bond motifs is 1. The average Bonchev–Trinajstić information content (AvgIpc) is 3.30. The minimum absolute atomic E-state index is 0.125. The lowest BCUT2D eigenvalue weighted by molar-refractivity contribution is -0.140. The first-order valence-corrected chi connectivity index (χ1v) is 10.2. The van der Waals surface area contributed by atoms with Gasteiger partial charge in [-0.15, -0.1) is 0 Å². The van der Waals surface area contributed by atoms with Crippen molar-refractivity contribution in [1.29, 1.82) is 0 Å². The number of imide groups is 1. The molecule has 0 bridgehead atoms. The fourth-order valence-corrected chi connectivity index (χ4v) is 4.42. The van der Waals surface area contributed by atoms with E-state index in [9.17, 15) is 14.4 Å². The fraction of sp³-hybridized carbons (Fsp3) is 0.500. The number of carbonyl (C=O) groups excluding carboxylic acids is 3. The maximum absolute atomic E-state index is 12.4. The van der Waals surface area contributed by atoms with Gasteiger partial charge in [0.15, 0.2) is 0 Å². The van der Waals surface area contributed by atoms with Crippen LogP contribution in [0.5, 0.6) is 0 Å². The van der Waals surface area contributed by atoms with Crippen molar-refractivity contribution in [3.8, 4) is 0 Å². The van der Waals surface area contributed by atoms with Crippen LogP contribution in [0.25, 0.3) is 0 Å². The minimum atomic E-state index is -0.233. The minimum Gasteiger partial charge on any atom is -0.326 e. The van der Waals surface area contributed by atoms with Gasteiger partial charge in [-0.3, -0.25) is 24.2 Å². The Morgan fingerprint density at radius 1 is 0.964 bits per heavy atom. The Labute approximate surface area is 165 Å². The van der Waals surface area contributed by atoms with Crippen molar-refractivity contribution < 1.29 is 14.4 Å². The van der Waals surface area contributed by atoms with Crippen LogP contribution in [-0.4, -0.2) is 47.2 Å². The fourth-order valence-electron chi connectivity index (χ4n) is 4.42. The van der Waals surface area contributed by atoms with Crippen LogP contribution >= 0.6 is 0 Å². The van der Waals surface area contributed by atoms with E-state index in [0.29, 0.717) is 12.8 Å². The SMILES string of the molecule is O=C(CCN1C(=O)C2CC=CCC2C1=O)Nc1ccc(CN2CCCC2)cc1. The summed E-state index contributed by atoms with van der Waals surface area (Å²) in [4.78, 5) is 40.9. The van der Waals surface area contributed by atoms with Crippen molar-refractivity contribution in [3.05, 3.63) is 42.0 Å². The van der Waals surface area contributed by atoms with Gasteiger partial charge in [0.1, 0.15) is 0 Å². The Balaban J connectivity index is 1.26. The van der Waals surface area contributed by atoms with Gasteiger partial charge in [-0.1, -0.05) is 24.3 Å². The van der Waals surface area contributed by atoms with Gasteiger partial charge in [0.2, 0.25) is 17.7 Å². The number of nitrogens with one attached hydrogen (secondary N) is 1. The van der Waals surface area contributed by atoms with E-state index in [1.54, 1.807) is 0 Å². The van der Waals surface area contributed by atoms with Gasteiger partial charge in [0, 0.05) is 25.2 Å². The van der Waals surface area contributed by atoms with Crippen LogP contribution in [0.4, 0.5) is 5.69 Å². The summed E-state index contributed by atoms with van der Waals surface area (Å²) in [5.41, 5.74) is 1.98. The molecule has 2 heterocycles. The van der Waals surface area contributed by atoms with E-state index in [2.05, 4.69) is 10.2 Å². The van der Waals surface area contributed by atoms with Crippen molar-refractivity contribution in [2.75, 3.05) is 25.0 Å². The standard InChI is InChI=1S/C22H27N3O3/c26-20(11-14-25-21(27)18-5-1-2-6-19(18)22(25)28)23-17-9-7-16(8-10-17)15-24-12-3-4-13-24/h1-2,7-10,18-19H,3-6,11-15H2,(H,23,26). The van der Waals surface area contributed by atoms with Gasteiger partial charge in [-0.25, -0.2) is 0 Å². The number of rotatable bonds is 6. The third-order valence-electron chi connectivity index (χ3n) is 6.00. The number of hydrogen-bond acceptors (Lipinski definition) is 4. The Morgan fingerprint density at radius 2 is 1.57 bits per heavy atom. The van der Waals surface area contributed by atoms with E-state index in [0.717, 1.165) is 25.3 Å². The van der Waals surface area contributed by atoms with E-state index >= 15 is 0 Å². The van der Waals surface area contributed by atoms with Crippen molar-refractivity contribution in [1.82, 2.24) is 9.80 Å². The van der Waals surface area contributed by atoms with Crippen LogP contribution in [-0.2, 0) is 20.9 Å². The third-order valence-corrected chi connectivity index (χ3v) is 6.00. The molecule has 6 heteroatoms. The van der Waals surface area contributed by atoms with Crippen LogP contribution in [0.3, 0.4) is 0 Å². The summed E-state index contributed by atoms with van der Waals surface area (Å²) in [6.07, 6.45) is 7.86. The summed E-state index contributed by atoms with van der Waals surface area (Å²) in [5, 5.41) is 2.86. The molecule has 28 heavy (non-hydrogen) atoms. The molecule has 3 aliphatic rings. The number of benzene rings is 1. The van der Waals surface area contributed by atoms with Crippen molar-refractivity contribution >= 4 is 23.4 Å². The summed E-state index contributed by atoms with van der Waals surface area (Å²) >= 11 is 0. The molecule has 1 aromatic carbocycles. The normalized spacial score (nSPS) is 24.6. The zero-order chi connectivity index (χ0) is 19.5. The third kappa shape index (κ3) is 4.02. The predicted octanol–water partition coefficient (Wildman–Crippen LogP) is 2.56. The largest absolute Gasteiger partial charge is 0.326 e. The second kappa shape index (κ2) is 8.27. The van der Waals surface area contributed by atoms with Crippen LogP contribution in [0.15, 0.2) is 36.4 Å². The first-order chi connectivity index (χ1) is 13.6. The summed E-state index contributed by atoms with van der Waals surface area (Å²) in [6, 6.07) is 7.91. The summed E-state index contributed by atoms with van der Waals surface area (Å²) in [5.74, 6) is -0.898. The number of allylic oxidation sites excluding steroid dienone is 2. The first kappa shape index (κ1) is 18.9. The maximum Gasteiger partial charge on any atom is 0.233 e. The number of amides is 3. The molecule has 0 saturated carbocycles. The lowest BCUT2D eigenvalue weighted by Gasteiger charge is -2.15. The highest BCUT2D eigenvalue weighted by Gasteiger charge is 2.46. The molecule has 148 valence electrons. The molecule has 2 unspecified atom stereocenters. The van der Waals surface area contributed by atoms with Crippen LogP contribution in [0.1, 0.15) is 37.7 Å². The van der Waals surface area contributed by atoms with Crippen molar-refractivity contribution in [2.24, 2.45) is 11.8 Å². The van der Waals surface area contributed by atoms with Crippen LogP contribution < -0.4 is 5.32 Å².